The highest BCUT2D eigenvalue weighted by molar-refractivity contribution is 7.80. The Balaban J connectivity index is 1.75. The number of unbranched alkanes of at least 4 members (excludes halogenated alkanes) is 2. The van der Waals surface area contributed by atoms with Crippen molar-refractivity contribution in [2.45, 2.75) is 32.6 Å². The molecule has 0 saturated heterocycles. The van der Waals surface area contributed by atoms with Gasteiger partial charge in [-0.15, -0.1) is 0 Å². The minimum Gasteiger partial charge on any atom is -0.492 e. The smallest absolute Gasteiger partial charge is 0.245 e. The Labute approximate surface area is 147 Å². The molecule has 0 aromatic heterocycles. The number of carbonyl (C=O) groups excluding carboxylic acids is 1. The molecule has 0 unspecified atom stereocenters. The molecule has 0 saturated carbocycles. The summed E-state index contributed by atoms with van der Waals surface area (Å²) in [5.74, 6) is 0.379. The minimum atomic E-state index is -0.267. The number of hydrazine groups is 1. The molecule has 1 aliphatic heterocycles. The van der Waals surface area contributed by atoms with Crippen LogP contribution in [0.2, 0.25) is 5.02 Å². The van der Waals surface area contributed by atoms with Gasteiger partial charge in [-0.2, -0.15) is 0 Å². The van der Waals surface area contributed by atoms with E-state index in [1.807, 2.05) is 12.1 Å². The summed E-state index contributed by atoms with van der Waals surface area (Å²) in [6, 6.07) is 5.45. The number of rotatable bonds is 5. The Morgan fingerprint density at radius 2 is 2.22 bits per heavy atom. The topological polar surface area (TPSA) is 62.4 Å². The zero-order valence-corrected chi connectivity index (χ0v) is 14.7. The number of carbonyl (C=O) groups is 1. The molecule has 2 rings (SSSR count). The average molecular weight is 356 g/mol. The van der Waals surface area contributed by atoms with Gasteiger partial charge in [0.1, 0.15) is 12.4 Å². The Hall–Kier alpha value is -1.53. The van der Waals surface area contributed by atoms with Crippen molar-refractivity contribution in [3.63, 3.8) is 0 Å². The van der Waals surface area contributed by atoms with Gasteiger partial charge in [-0.1, -0.05) is 31.4 Å². The number of ether oxygens (including phenoxy) is 1. The van der Waals surface area contributed by atoms with E-state index in [-0.39, 0.29) is 11.8 Å². The molecule has 0 spiro atoms. The van der Waals surface area contributed by atoms with Gasteiger partial charge in [0.05, 0.1) is 5.92 Å². The van der Waals surface area contributed by atoms with Crippen LogP contribution in [0.15, 0.2) is 18.2 Å². The summed E-state index contributed by atoms with van der Waals surface area (Å²) in [5, 5.41) is 4.12. The highest BCUT2D eigenvalue weighted by Gasteiger charge is 2.26. The van der Waals surface area contributed by atoms with E-state index in [0.717, 1.165) is 37.1 Å². The number of halogens is 1. The quantitative estimate of drug-likeness (QED) is 0.430. The van der Waals surface area contributed by atoms with E-state index in [4.69, 9.17) is 28.6 Å². The van der Waals surface area contributed by atoms with Crippen LogP contribution in [-0.2, 0) is 11.2 Å². The van der Waals surface area contributed by atoms with Gasteiger partial charge in [0, 0.05) is 11.6 Å². The second-order valence-electron chi connectivity index (χ2n) is 5.54. The van der Waals surface area contributed by atoms with Gasteiger partial charge in [0.2, 0.25) is 5.91 Å². The molecule has 1 aliphatic rings. The summed E-state index contributed by atoms with van der Waals surface area (Å²) in [4.78, 5) is 12.2. The van der Waals surface area contributed by atoms with E-state index in [0.29, 0.717) is 23.2 Å². The molecule has 0 fully saturated rings. The van der Waals surface area contributed by atoms with Crippen molar-refractivity contribution in [3.05, 3.63) is 28.8 Å². The fourth-order valence-electron chi connectivity index (χ4n) is 2.37. The number of fused-ring (bicyclic) bond motifs is 1. The SMILES string of the molecule is CCCCCNC(=S)NNC(=O)[C@@H]1COc2ccc(Cl)cc2C1. The number of hydrogen-bond acceptors (Lipinski definition) is 3. The lowest BCUT2D eigenvalue weighted by molar-refractivity contribution is -0.126. The summed E-state index contributed by atoms with van der Waals surface area (Å²) in [5.41, 5.74) is 6.31. The van der Waals surface area contributed by atoms with Gasteiger partial charge in [-0.3, -0.25) is 15.6 Å². The molecule has 5 nitrogen and oxygen atoms in total. The first kappa shape index (κ1) is 17.8. The van der Waals surface area contributed by atoms with Crippen LogP contribution in [-0.4, -0.2) is 24.2 Å². The standard InChI is InChI=1S/C16H22ClN3O2S/c1-2-3-4-7-18-16(23)20-19-15(21)12-8-11-9-13(17)5-6-14(11)22-10-12/h5-6,9,12H,2-4,7-8,10H2,1H3,(H,19,21)(H2,18,20,23)/t12-/m0/s1. The van der Waals surface area contributed by atoms with Gasteiger partial charge in [-0.05, 0) is 48.8 Å². The maximum absolute atomic E-state index is 12.2. The summed E-state index contributed by atoms with van der Waals surface area (Å²) < 4.78 is 5.62. The third-order valence-corrected chi connectivity index (χ3v) is 4.15. The third-order valence-electron chi connectivity index (χ3n) is 3.66. The molecule has 7 heteroatoms. The largest absolute Gasteiger partial charge is 0.492 e. The molecule has 1 aromatic carbocycles. The van der Waals surface area contributed by atoms with Gasteiger partial charge in [0.15, 0.2) is 5.11 Å². The predicted octanol–water partition coefficient (Wildman–Crippen LogP) is 2.58. The minimum absolute atomic E-state index is 0.145. The third kappa shape index (κ3) is 5.55. The first-order chi connectivity index (χ1) is 11.1. The molecular formula is C16H22ClN3O2S. The number of thiocarbonyl (C=S) groups is 1. The lowest BCUT2D eigenvalue weighted by atomic mass is 9.96. The second kappa shape index (κ2) is 8.93. The maximum atomic E-state index is 12.2. The van der Waals surface area contributed by atoms with Gasteiger partial charge in [-0.25, -0.2) is 0 Å². The maximum Gasteiger partial charge on any atom is 0.245 e. The molecule has 1 amide bonds. The summed E-state index contributed by atoms with van der Waals surface area (Å²) in [6.45, 7) is 3.29. The van der Waals surface area contributed by atoms with Crippen LogP contribution in [0.1, 0.15) is 31.7 Å². The first-order valence-electron chi connectivity index (χ1n) is 7.85. The van der Waals surface area contributed by atoms with Crippen molar-refractivity contribution >= 4 is 34.8 Å². The molecule has 1 heterocycles. The van der Waals surface area contributed by atoms with Crippen molar-refractivity contribution in [1.29, 1.82) is 0 Å². The second-order valence-corrected chi connectivity index (χ2v) is 6.39. The van der Waals surface area contributed by atoms with Crippen molar-refractivity contribution in [2.75, 3.05) is 13.2 Å². The Bertz CT molecular complexity index is 568. The molecule has 126 valence electrons. The van der Waals surface area contributed by atoms with Crippen molar-refractivity contribution in [1.82, 2.24) is 16.2 Å². The predicted molar refractivity (Wildman–Crippen MR) is 95.5 cm³/mol. The normalized spacial score (nSPS) is 16.0. The molecule has 0 aliphatic carbocycles. The molecule has 0 radical (unpaired) electrons. The van der Waals surface area contributed by atoms with Crippen molar-refractivity contribution in [2.24, 2.45) is 5.92 Å². The van der Waals surface area contributed by atoms with Crippen LogP contribution in [0.25, 0.3) is 0 Å². The summed E-state index contributed by atoms with van der Waals surface area (Å²) in [6.07, 6.45) is 3.97. The summed E-state index contributed by atoms with van der Waals surface area (Å²) >= 11 is 11.1. The van der Waals surface area contributed by atoms with Crippen LogP contribution in [0.5, 0.6) is 5.75 Å². The number of hydrogen-bond donors (Lipinski definition) is 3. The van der Waals surface area contributed by atoms with Crippen molar-refractivity contribution in [3.8, 4) is 5.75 Å². The van der Waals surface area contributed by atoms with Gasteiger partial charge >= 0.3 is 0 Å². The summed E-state index contributed by atoms with van der Waals surface area (Å²) in [7, 11) is 0. The number of nitrogens with one attached hydrogen (secondary N) is 3. The van der Waals surface area contributed by atoms with Crippen molar-refractivity contribution < 1.29 is 9.53 Å². The highest BCUT2D eigenvalue weighted by Crippen LogP contribution is 2.29. The molecule has 1 atom stereocenters. The average Bonchev–Trinajstić information content (AvgIpc) is 2.55. The van der Waals surface area contributed by atoms with Crippen LogP contribution in [0.3, 0.4) is 0 Å². The number of benzene rings is 1. The van der Waals surface area contributed by atoms with E-state index in [2.05, 4.69) is 23.1 Å². The van der Waals surface area contributed by atoms with E-state index >= 15 is 0 Å². The Morgan fingerprint density at radius 3 is 3.00 bits per heavy atom. The highest BCUT2D eigenvalue weighted by atomic mass is 35.5. The molecular weight excluding hydrogens is 334 g/mol. The Morgan fingerprint density at radius 1 is 1.39 bits per heavy atom. The van der Waals surface area contributed by atoms with Crippen LogP contribution >= 0.6 is 23.8 Å². The Kier molecular flexibility index (Phi) is 6.92. The van der Waals surface area contributed by atoms with Gasteiger partial charge in [0.25, 0.3) is 0 Å². The van der Waals surface area contributed by atoms with E-state index in [9.17, 15) is 4.79 Å². The first-order valence-corrected chi connectivity index (χ1v) is 8.63. The molecule has 23 heavy (non-hydrogen) atoms. The zero-order chi connectivity index (χ0) is 16.7. The lowest BCUT2D eigenvalue weighted by Gasteiger charge is -2.25. The van der Waals surface area contributed by atoms with E-state index in [1.54, 1.807) is 6.07 Å². The monoisotopic (exact) mass is 355 g/mol. The van der Waals surface area contributed by atoms with Crippen LogP contribution < -0.4 is 20.9 Å². The van der Waals surface area contributed by atoms with E-state index < -0.39 is 0 Å². The molecule has 3 N–H and O–H groups in total. The fourth-order valence-corrected chi connectivity index (χ4v) is 2.72. The van der Waals surface area contributed by atoms with E-state index in [1.165, 1.54) is 0 Å². The zero-order valence-electron chi connectivity index (χ0n) is 13.2. The number of amides is 1. The lowest BCUT2D eigenvalue weighted by Crippen LogP contribution is -2.50. The van der Waals surface area contributed by atoms with Crippen LogP contribution in [0, 0.1) is 5.92 Å². The van der Waals surface area contributed by atoms with Crippen LogP contribution in [0.4, 0.5) is 0 Å². The fraction of sp³-hybridized carbons (Fsp3) is 0.500. The molecule has 0 bridgehead atoms. The van der Waals surface area contributed by atoms with Gasteiger partial charge < -0.3 is 10.1 Å². The molecule has 1 aromatic rings.